The maximum absolute atomic E-state index is 13.0. The van der Waals surface area contributed by atoms with Gasteiger partial charge in [-0.2, -0.15) is 5.10 Å². The van der Waals surface area contributed by atoms with Crippen LogP contribution in [0.15, 0.2) is 63.9 Å². The van der Waals surface area contributed by atoms with E-state index >= 15 is 0 Å². The predicted molar refractivity (Wildman–Crippen MR) is 118 cm³/mol. The number of carboxylic acids is 1. The van der Waals surface area contributed by atoms with Crippen LogP contribution in [0.5, 0.6) is 0 Å². The molecule has 0 fully saturated rings. The van der Waals surface area contributed by atoms with Crippen LogP contribution in [0, 0.1) is 17.0 Å². The van der Waals surface area contributed by atoms with Crippen LogP contribution in [0.2, 0.25) is 0 Å². The molecule has 2 aromatic carbocycles. The van der Waals surface area contributed by atoms with E-state index in [1.165, 1.54) is 47.9 Å². The lowest BCUT2D eigenvalue weighted by molar-refractivity contribution is -0.385. The summed E-state index contributed by atoms with van der Waals surface area (Å²) in [6, 6.07) is 10.6. The molecule has 0 bridgehead atoms. The van der Waals surface area contributed by atoms with Crippen molar-refractivity contribution in [3.05, 3.63) is 80.0 Å². The van der Waals surface area contributed by atoms with E-state index in [1.54, 1.807) is 0 Å². The first kappa shape index (κ1) is 21.9. The van der Waals surface area contributed by atoms with E-state index in [0.29, 0.717) is 0 Å². The number of aromatic carboxylic acids is 1. The number of hydrogen-bond donors (Lipinski definition) is 3. The molecule has 31 heavy (non-hydrogen) atoms. The molecule has 3 aromatic rings. The first-order valence-corrected chi connectivity index (χ1v) is 11.0. The number of hydrogen-bond acceptors (Lipinski definition) is 8. The van der Waals surface area contributed by atoms with E-state index in [-0.39, 0.29) is 16.9 Å². The minimum atomic E-state index is -4.40. The summed E-state index contributed by atoms with van der Waals surface area (Å²) in [5, 5.41) is 26.3. The summed E-state index contributed by atoms with van der Waals surface area (Å²) in [7, 11) is -4.40. The Morgan fingerprint density at radius 1 is 1.19 bits per heavy atom. The second-order valence-electron chi connectivity index (χ2n) is 6.23. The summed E-state index contributed by atoms with van der Waals surface area (Å²) < 4.78 is 28.2. The molecule has 0 spiro atoms. The Morgan fingerprint density at radius 3 is 2.58 bits per heavy atom. The molecule has 0 saturated heterocycles. The maximum atomic E-state index is 13.0. The molecule has 0 aliphatic rings. The van der Waals surface area contributed by atoms with E-state index in [0.717, 1.165) is 22.6 Å². The van der Waals surface area contributed by atoms with Crippen molar-refractivity contribution in [3.8, 4) is 0 Å². The Labute approximate surface area is 181 Å². The molecule has 1 heterocycles. The van der Waals surface area contributed by atoms with Crippen LogP contribution < -0.4 is 10.1 Å². The average Bonchev–Trinajstić information content (AvgIpc) is 3.12. The molecule has 0 saturated carbocycles. The quantitative estimate of drug-likeness (QED) is 0.262. The van der Waals surface area contributed by atoms with Gasteiger partial charge in [0.2, 0.25) is 0 Å². The normalized spacial score (nSPS) is 11.4. The second kappa shape index (κ2) is 8.93. The van der Waals surface area contributed by atoms with Gasteiger partial charge < -0.3 is 5.11 Å². The van der Waals surface area contributed by atoms with Crippen molar-refractivity contribution in [2.75, 3.05) is 10.1 Å². The zero-order valence-electron chi connectivity index (χ0n) is 16.0. The lowest BCUT2D eigenvalue weighted by Crippen LogP contribution is -2.17. The molecular formula is C19H16N4O6S2. The van der Waals surface area contributed by atoms with Crippen molar-refractivity contribution >= 4 is 50.6 Å². The van der Waals surface area contributed by atoms with Crippen molar-refractivity contribution in [3.63, 3.8) is 0 Å². The molecule has 3 N–H and O–H groups in total. The fraction of sp³-hybridized carbons (Fsp3) is 0.0526. The van der Waals surface area contributed by atoms with Gasteiger partial charge in [0, 0.05) is 17.0 Å². The van der Waals surface area contributed by atoms with Crippen molar-refractivity contribution in [2.24, 2.45) is 5.10 Å². The SMILES string of the molecule is Cc1ccsc1/C=N/Nc1ccc([N+](=O)[O-])cc1S(=O)(=O)Nc1ccccc1C(=O)O. The highest BCUT2D eigenvalue weighted by atomic mass is 32.2. The number of thiophene rings is 1. The van der Waals surface area contributed by atoms with Crippen molar-refractivity contribution in [2.45, 2.75) is 11.8 Å². The average molecular weight is 460 g/mol. The molecule has 160 valence electrons. The number of carboxylic acid groups (broad SMARTS) is 1. The Morgan fingerprint density at radius 2 is 1.94 bits per heavy atom. The van der Waals surface area contributed by atoms with E-state index in [4.69, 9.17) is 0 Å². The molecule has 10 nitrogen and oxygen atoms in total. The lowest BCUT2D eigenvalue weighted by atomic mass is 10.2. The highest BCUT2D eigenvalue weighted by Crippen LogP contribution is 2.29. The van der Waals surface area contributed by atoms with Crippen LogP contribution in [0.4, 0.5) is 17.1 Å². The van der Waals surface area contributed by atoms with Crippen LogP contribution in [0.25, 0.3) is 0 Å². The Hall–Kier alpha value is -3.77. The van der Waals surface area contributed by atoms with Gasteiger partial charge in [-0.15, -0.1) is 11.3 Å². The zero-order chi connectivity index (χ0) is 22.6. The summed E-state index contributed by atoms with van der Waals surface area (Å²) in [6.45, 7) is 1.89. The number of nitro benzene ring substituents is 1. The van der Waals surface area contributed by atoms with Crippen molar-refractivity contribution in [1.82, 2.24) is 0 Å². The number of benzene rings is 2. The lowest BCUT2D eigenvalue weighted by Gasteiger charge is -2.13. The smallest absolute Gasteiger partial charge is 0.337 e. The van der Waals surface area contributed by atoms with E-state index < -0.39 is 31.5 Å². The Bertz CT molecular complexity index is 1280. The van der Waals surface area contributed by atoms with Gasteiger partial charge in [0.15, 0.2) is 0 Å². The van der Waals surface area contributed by atoms with E-state index in [1.807, 2.05) is 18.4 Å². The summed E-state index contributed by atoms with van der Waals surface area (Å²) >= 11 is 1.44. The maximum Gasteiger partial charge on any atom is 0.337 e. The van der Waals surface area contributed by atoms with Crippen LogP contribution in [-0.2, 0) is 10.0 Å². The number of para-hydroxylation sites is 1. The van der Waals surface area contributed by atoms with Gasteiger partial charge in [0.05, 0.1) is 28.1 Å². The molecule has 0 radical (unpaired) electrons. The van der Waals surface area contributed by atoms with E-state index in [9.17, 15) is 28.4 Å². The summed E-state index contributed by atoms with van der Waals surface area (Å²) in [6.07, 6.45) is 1.50. The number of aryl methyl sites for hydroxylation is 1. The molecule has 0 atom stereocenters. The van der Waals surface area contributed by atoms with Gasteiger partial charge in [-0.3, -0.25) is 20.3 Å². The number of hydrazone groups is 1. The molecule has 0 aliphatic carbocycles. The molecule has 0 aliphatic heterocycles. The number of nitrogens with zero attached hydrogens (tertiary/aromatic N) is 2. The van der Waals surface area contributed by atoms with Gasteiger partial charge in [-0.25, -0.2) is 13.2 Å². The molecular weight excluding hydrogens is 444 g/mol. The number of carbonyl (C=O) groups is 1. The van der Waals surface area contributed by atoms with Crippen molar-refractivity contribution in [1.29, 1.82) is 0 Å². The van der Waals surface area contributed by atoms with Gasteiger partial charge in [0.1, 0.15) is 4.90 Å². The first-order valence-electron chi connectivity index (χ1n) is 8.66. The van der Waals surface area contributed by atoms with Crippen molar-refractivity contribution < 1.29 is 23.2 Å². The predicted octanol–water partition coefficient (Wildman–Crippen LogP) is 3.91. The summed E-state index contributed by atoms with van der Waals surface area (Å²) in [5.74, 6) is -1.33. The number of anilines is 2. The Balaban J connectivity index is 2.00. The monoisotopic (exact) mass is 460 g/mol. The molecule has 3 rings (SSSR count). The highest BCUT2D eigenvalue weighted by Gasteiger charge is 2.24. The van der Waals surface area contributed by atoms with Gasteiger partial charge >= 0.3 is 5.97 Å². The van der Waals surface area contributed by atoms with Gasteiger partial charge in [-0.1, -0.05) is 12.1 Å². The molecule has 0 unspecified atom stereocenters. The topological polar surface area (TPSA) is 151 Å². The standard InChI is InChI=1S/C19H16N4O6S2/c1-12-8-9-30-17(12)11-20-21-16-7-6-13(23(26)27)10-18(16)31(28,29)22-15-5-3-2-4-14(15)19(24)25/h2-11,21-22H,1H3,(H,24,25)/b20-11+. The molecule has 0 amide bonds. The molecule has 12 heteroatoms. The minimum Gasteiger partial charge on any atom is -0.478 e. The van der Waals surface area contributed by atoms with Crippen LogP contribution in [0.1, 0.15) is 20.8 Å². The largest absolute Gasteiger partial charge is 0.478 e. The minimum absolute atomic E-state index is 0.0173. The fourth-order valence-electron chi connectivity index (χ4n) is 2.57. The van der Waals surface area contributed by atoms with Crippen LogP contribution in [0.3, 0.4) is 0 Å². The Kier molecular flexibility index (Phi) is 6.32. The number of sulfonamides is 1. The highest BCUT2D eigenvalue weighted by molar-refractivity contribution is 7.93. The number of nitro groups is 1. The van der Waals surface area contributed by atoms with Crippen LogP contribution >= 0.6 is 11.3 Å². The van der Waals surface area contributed by atoms with E-state index in [2.05, 4.69) is 15.2 Å². The van der Waals surface area contributed by atoms with Gasteiger partial charge in [0.25, 0.3) is 15.7 Å². The fourth-order valence-corrected chi connectivity index (χ4v) is 4.62. The number of non-ortho nitro benzene ring substituents is 1. The zero-order valence-corrected chi connectivity index (χ0v) is 17.6. The van der Waals surface area contributed by atoms with Crippen LogP contribution in [-0.4, -0.2) is 30.6 Å². The third kappa shape index (κ3) is 5.05. The molecule has 1 aromatic heterocycles. The second-order valence-corrected chi connectivity index (χ2v) is 8.83. The third-order valence-corrected chi connectivity index (χ3v) is 6.49. The number of rotatable bonds is 8. The number of nitrogens with one attached hydrogen (secondary N) is 2. The van der Waals surface area contributed by atoms with Gasteiger partial charge in [-0.05, 0) is 42.1 Å². The summed E-state index contributed by atoms with van der Waals surface area (Å²) in [5.41, 5.74) is 2.67. The third-order valence-electron chi connectivity index (χ3n) is 4.14. The first-order chi connectivity index (χ1) is 14.7. The summed E-state index contributed by atoms with van der Waals surface area (Å²) in [4.78, 5) is 22.2.